The summed E-state index contributed by atoms with van der Waals surface area (Å²) in [6, 6.07) is 0.718. The van der Waals surface area contributed by atoms with Crippen LogP contribution in [0.1, 0.15) is 47.0 Å². The Bertz CT molecular complexity index is 280. The van der Waals surface area contributed by atoms with Crippen molar-refractivity contribution in [2.75, 3.05) is 32.7 Å². The van der Waals surface area contributed by atoms with Crippen molar-refractivity contribution in [2.45, 2.75) is 58.5 Å². The van der Waals surface area contributed by atoms with Gasteiger partial charge in [-0.25, -0.2) is 0 Å². The Balaban J connectivity index is 2.19. The van der Waals surface area contributed by atoms with Gasteiger partial charge in [-0.15, -0.1) is 0 Å². The van der Waals surface area contributed by atoms with E-state index in [1.54, 1.807) is 0 Å². The van der Waals surface area contributed by atoms with Crippen molar-refractivity contribution in [2.24, 2.45) is 17.6 Å². The molecule has 2 fully saturated rings. The number of hydrogen-bond acceptors (Lipinski definition) is 3. The summed E-state index contributed by atoms with van der Waals surface area (Å²) in [5, 5.41) is 0. The van der Waals surface area contributed by atoms with Gasteiger partial charge in [0.1, 0.15) is 0 Å². The van der Waals surface area contributed by atoms with Crippen molar-refractivity contribution >= 4 is 0 Å². The molecule has 19 heavy (non-hydrogen) atoms. The number of hydrogen-bond donors (Lipinski definition) is 1. The number of nitrogens with two attached hydrogens (primary N) is 1. The van der Waals surface area contributed by atoms with Gasteiger partial charge in [-0.2, -0.15) is 0 Å². The fraction of sp³-hybridized carbons (Fsp3) is 1.00. The monoisotopic (exact) mass is 267 g/mol. The Morgan fingerprint density at radius 2 is 1.79 bits per heavy atom. The normalized spacial score (nSPS) is 31.9. The lowest BCUT2D eigenvalue weighted by Gasteiger charge is -2.46. The molecule has 2 saturated heterocycles. The minimum absolute atomic E-state index is 0.255. The summed E-state index contributed by atoms with van der Waals surface area (Å²) in [5.41, 5.74) is 6.56. The fourth-order valence-electron chi connectivity index (χ4n) is 4.26. The third kappa shape index (κ3) is 2.98. The van der Waals surface area contributed by atoms with E-state index in [4.69, 9.17) is 5.73 Å². The second-order valence-electron chi connectivity index (χ2n) is 7.44. The summed E-state index contributed by atoms with van der Waals surface area (Å²) in [6.45, 7) is 15.1. The van der Waals surface area contributed by atoms with Gasteiger partial charge in [0.25, 0.3) is 0 Å². The average molecular weight is 267 g/mol. The van der Waals surface area contributed by atoms with Crippen LogP contribution in [0.2, 0.25) is 0 Å². The zero-order valence-corrected chi connectivity index (χ0v) is 13.4. The van der Waals surface area contributed by atoms with Crippen LogP contribution in [0.25, 0.3) is 0 Å². The molecule has 0 aromatic rings. The summed E-state index contributed by atoms with van der Waals surface area (Å²) in [4.78, 5) is 5.44. The third-order valence-corrected chi connectivity index (χ3v) is 4.97. The van der Waals surface area contributed by atoms with Gasteiger partial charge in [0.05, 0.1) is 0 Å². The van der Waals surface area contributed by atoms with Crippen LogP contribution in [0.4, 0.5) is 0 Å². The Hall–Kier alpha value is -0.120. The maximum absolute atomic E-state index is 6.31. The highest BCUT2D eigenvalue weighted by atomic mass is 15.3. The molecule has 0 saturated carbocycles. The lowest BCUT2D eigenvalue weighted by atomic mass is 9.85. The van der Waals surface area contributed by atoms with Gasteiger partial charge in [-0.05, 0) is 37.6 Å². The van der Waals surface area contributed by atoms with Crippen molar-refractivity contribution in [3.05, 3.63) is 0 Å². The van der Waals surface area contributed by atoms with E-state index in [-0.39, 0.29) is 5.54 Å². The molecule has 0 aromatic carbocycles. The zero-order chi connectivity index (χ0) is 14.0. The molecule has 3 nitrogen and oxygen atoms in total. The van der Waals surface area contributed by atoms with E-state index < -0.39 is 0 Å². The first kappa shape index (κ1) is 15.3. The summed E-state index contributed by atoms with van der Waals surface area (Å²) >= 11 is 0. The van der Waals surface area contributed by atoms with Crippen LogP contribution in [-0.2, 0) is 0 Å². The molecule has 2 unspecified atom stereocenters. The highest BCUT2D eigenvalue weighted by Gasteiger charge is 2.51. The minimum atomic E-state index is 0.255. The topological polar surface area (TPSA) is 32.5 Å². The first-order valence-corrected chi connectivity index (χ1v) is 8.18. The van der Waals surface area contributed by atoms with Gasteiger partial charge in [0, 0.05) is 37.8 Å². The molecular formula is C16H33N3. The quantitative estimate of drug-likeness (QED) is 0.800. The number of rotatable bonds is 6. The standard InChI is InChI=1S/C16H33N3/c1-13(2)10-19(11-14(3)4)16(12-17)7-9-18-8-5-6-15(16)18/h13-15H,5-12,17H2,1-4H3. The number of fused-ring (bicyclic) bond motifs is 1. The highest BCUT2D eigenvalue weighted by molar-refractivity contribution is 5.10. The van der Waals surface area contributed by atoms with E-state index in [9.17, 15) is 0 Å². The van der Waals surface area contributed by atoms with Crippen LogP contribution in [0.5, 0.6) is 0 Å². The highest BCUT2D eigenvalue weighted by Crippen LogP contribution is 2.40. The lowest BCUT2D eigenvalue weighted by molar-refractivity contribution is 0.0441. The molecule has 0 amide bonds. The predicted molar refractivity (Wildman–Crippen MR) is 82.2 cm³/mol. The van der Waals surface area contributed by atoms with Crippen LogP contribution in [0.15, 0.2) is 0 Å². The van der Waals surface area contributed by atoms with E-state index >= 15 is 0 Å². The molecule has 0 bridgehead atoms. The Morgan fingerprint density at radius 3 is 2.32 bits per heavy atom. The van der Waals surface area contributed by atoms with Crippen LogP contribution < -0.4 is 5.73 Å². The van der Waals surface area contributed by atoms with Gasteiger partial charge in [0.2, 0.25) is 0 Å². The van der Waals surface area contributed by atoms with Crippen LogP contribution in [0.3, 0.4) is 0 Å². The van der Waals surface area contributed by atoms with E-state index in [1.807, 2.05) is 0 Å². The summed E-state index contributed by atoms with van der Waals surface area (Å²) < 4.78 is 0. The van der Waals surface area contributed by atoms with Crippen molar-refractivity contribution in [1.82, 2.24) is 9.80 Å². The molecule has 112 valence electrons. The first-order valence-electron chi connectivity index (χ1n) is 8.18. The molecule has 2 N–H and O–H groups in total. The van der Waals surface area contributed by atoms with Gasteiger partial charge in [-0.1, -0.05) is 27.7 Å². The molecule has 0 aromatic heterocycles. The molecule has 2 aliphatic rings. The SMILES string of the molecule is CC(C)CN(CC(C)C)C1(CN)CCN2CCCC21. The Morgan fingerprint density at radius 1 is 1.16 bits per heavy atom. The maximum atomic E-state index is 6.31. The third-order valence-electron chi connectivity index (χ3n) is 4.97. The van der Waals surface area contributed by atoms with Gasteiger partial charge in [0.15, 0.2) is 0 Å². The molecule has 2 rings (SSSR count). The Labute approximate surface area is 119 Å². The van der Waals surface area contributed by atoms with Crippen molar-refractivity contribution in [3.63, 3.8) is 0 Å². The molecular weight excluding hydrogens is 234 g/mol. The van der Waals surface area contributed by atoms with Gasteiger partial charge < -0.3 is 5.73 Å². The van der Waals surface area contributed by atoms with E-state index in [2.05, 4.69) is 37.5 Å². The first-order chi connectivity index (χ1) is 8.99. The van der Waals surface area contributed by atoms with Crippen LogP contribution >= 0.6 is 0 Å². The second-order valence-corrected chi connectivity index (χ2v) is 7.44. The van der Waals surface area contributed by atoms with Crippen LogP contribution in [-0.4, -0.2) is 54.1 Å². The van der Waals surface area contributed by atoms with E-state index in [1.165, 1.54) is 45.4 Å². The largest absolute Gasteiger partial charge is 0.329 e. The Kier molecular flexibility index (Phi) is 4.91. The summed E-state index contributed by atoms with van der Waals surface area (Å²) in [7, 11) is 0. The lowest BCUT2D eigenvalue weighted by Crippen LogP contribution is -2.61. The number of nitrogens with zero attached hydrogens (tertiary/aromatic N) is 2. The van der Waals surface area contributed by atoms with Gasteiger partial charge >= 0.3 is 0 Å². The minimum Gasteiger partial charge on any atom is -0.329 e. The molecule has 2 atom stereocenters. The molecule has 0 aliphatic carbocycles. The molecule has 2 aliphatic heterocycles. The summed E-state index contributed by atoms with van der Waals surface area (Å²) in [6.07, 6.45) is 3.99. The maximum Gasteiger partial charge on any atom is 0.0499 e. The van der Waals surface area contributed by atoms with Crippen molar-refractivity contribution < 1.29 is 0 Å². The van der Waals surface area contributed by atoms with E-state index in [0.29, 0.717) is 0 Å². The predicted octanol–water partition coefficient (Wildman–Crippen LogP) is 2.17. The van der Waals surface area contributed by atoms with Gasteiger partial charge in [-0.3, -0.25) is 9.80 Å². The molecule has 0 radical (unpaired) electrons. The second kappa shape index (κ2) is 6.11. The molecule has 0 spiro atoms. The molecule has 2 heterocycles. The van der Waals surface area contributed by atoms with Crippen LogP contribution in [0, 0.1) is 11.8 Å². The van der Waals surface area contributed by atoms with Crippen molar-refractivity contribution in [3.8, 4) is 0 Å². The van der Waals surface area contributed by atoms with Crippen molar-refractivity contribution in [1.29, 1.82) is 0 Å². The smallest absolute Gasteiger partial charge is 0.0499 e. The summed E-state index contributed by atoms with van der Waals surface area (Å²) in [5.74, 6) is 1.44. The molecule has 3 heteroatoms. The fourth-order valence-corrected chi connectivity index (χ4v) is 4.26. The zero-order valence-electron chi connectivity index (χ0n) is 13.4. The average Bonchev–Trinajstić information content (AvgIpc) is 2.88. The van der Waals surface area contributed by atoms with E-state index in [0.717, 1.165) is 24.4 Å².